The Kier molecular flexibility index (Phi) is 7.90. The van der Waals surface area contributed by atoms with Crippen molar-refractivity contribution in [3.63, 3.8) is 0 Å². The molecule has 1 aromatic carbocycles. The number of fused-ring (bicyclic) bond motifs is 1. The van der Waals surface area contributed by atoms with Crippen LogP contribution in [0.5, 0.6) is 5.75 Å². The van der Waals surface area contributed by atoms with E-state index in [4.69, 9.17) is 9.72 Å². The molecule has 0 fully saturated rings. The summed E-state index contributed by atoms with van der Waals surface area (Å²) in [6.07, 6.45) is 6.02. The summed E-state index contributed by atoms with van der Waals surface area (Å²) in [5.41, 5.74) is 5.82. The van der Waals surface area contributed by atoms with Crippen LogP contribution in [-0.4, -0.2) is 77.1 Å². The van der Waals surface area contributed by atoms with E-state index >= 15 is 0 Å². The van der Waals surface area contributed by atoms with E-state index in [1.807, 2.05) is 69.3 Å². The lowest BCUT2D eigenvalue weighted by molar-refractivity contribution is 0.253. The number of aliphatic hydroxyl groups excluding tert-OH is 1. The average molecular weight is 503 g/mol. The monoisotopic (exact) mass is 502 g/mol. The smallest absolute Gasteiger partial charge is 0.227 e. The summed E-state index contributed by atoms with van der Waals surface area (Å²) < 4.78 is 7.75. The summed E-state index contributed by atoms with van der Waals surface area (Å²) in [6.45, 7) is 5.33. The molecular formula is C27H34N8O2. The van der Waals surface area contributed by atoms with E-state index < -0.39 is 6.23 Å². The van der Waals surface area contributed by atoms with Crippen molar-refractivity contribution >= 4 is 34.0 Å². The Bertz CT molecular complexity index is 1380. The first-order valence-electron chi connectivity index (χ1n) is 12.0. The van der Waals surface area contributed by atoms with Gasteiger partial charge >= 0.3 is 0 Å². The molecule has 3 aromatic heterocycles. The number of nitrogens with zero attached hydrogens (tertiary/aromatic N) is 6. The SMILES string of the molecule is C=CC(O)Nc1cc(Nc2nccc(-c3cn(C)c4cccnc34)n2)c(OC)cc1N(C)CCN(C)C. The van der Waals surface area contributed by atoms with Crippen molar-refractivity contribution in [2.45, 2.75) is 6.23 Å². The van der Waals surface area contributed by atoms with Gasteiger partial charge in [0.2, 0.25) is 5.95 Å². The Morgan fingerprint density at radius 2 is 1.95 bits per heavy atom. The third-order valence-corrected chi connectivity index (χ3v) is 6.06. The van der Waals surface area contributed by atoms with Gasteiger partial charge < -0.3 is 34.8 Å². The molecule has 3 N–H and O–H groups in total. The number of pyridine rings is 1. The molecule has 10 heteroatoms. The van der Waals surface area contributed by atoms with Gasteiger partial charge in [-0.25, -0.2) is 9.97 Å². The van der Waals surface area contributed by atoms with Gasteiger partial charge in [0.25, 0.3) is 0 Å². The molecule has 0 amide bonds. The lowest BCUT2D eigenvalue weighted by Crippen LogP contribution is -2.29. The number of anilines is 4. The molecule has 1 atom stereocenters. The zero-order chi connectivity index (χ0) is 26.5. The topological polar surface area (TPSA) is 104 Å². The maximum absolute atomic E-state index is 10.3. The van der Waals surface area contributed by atoms with Gasteiger partial charge in [0.1, 0.15) is 12.0 Å². The number of methoxy groups -OCH3 is 1. The molecular weight excluding hydrogens is 468 g/mol. The summed E-state index contributed by atoms with van der Waals surface area (Å²) >= 11 is 0. The maximum Gasteiger partial charge on any atom is 0.227 e. The lowest BCUT2D eigenvalue weighted by atomic mass is 10.2. The van der Waals surface area contributed by atoms with E-state index in [2.05, 4.69) is 37.0 Å². The van der Waals surface area contributed by atoms with Crippen molar-refractivity contribution in [1.82, 2.24) is 24.4 Å². The quantitative estimate of drug-likeness (QED) is 0.209. The number of ether oxygens (including phenoxy) is 1. The Balaban J connectivity index is 1.70. The Morgan fingerprint density at radius 3 is 2.68 bits per heavy atom. The first-order chi connectivity index (χ1) is 17.8. The number of likely N-dealkylation sites (N-methyl/N-ethyl adjacent to an activating group) is 2. The highest BCUT2D eigenvalue weighted by atomic mass is 16.5. The predicted octanol–water partition coefficient (Wildman–Crippen LogP) is 3.70. The first kappa shape index (κ1) is 25.9. The number of aryl methyl sites for hydroxylation is 1. The van der Waals surface area contributed by atoms with Crippen molar-refractivity contribution in [3.8, 4) is 17.0 Å². The van der Waals surface area contributed by atoms with Gasteiger partial charge in [0.15, 0.2) is 0 Å². The van der Waals surface area contributed by atoms with Crippen LogP contribution in [0.25, 0.3) is 22.3 Å². The minimum Gasteiger partial charge on any atom is -0.494 e. The number of aromatic nitrogens is 4. The Morgan fingerprint density at radius 1 is 1.14 bits per heavy atom. The third-order valence-electron chi connectivity index (χ3n) is 6.06. The van der Waals surface area contributed by atoms with E-state index in [1.54, 1.807) is 19.5 Å². The van der Waals surface area contributed by atoms with E-state index in [1.165, 1.54) is 6.08 Å². The van der Waals surface area contributed by atoms with Gasteiger partial charge in [-0.15, -0.1) is 0 Å². The largest absolute Gasteiger partial charge is 0.494 e. The van der Waals surface area contributed by atoms with Crippen LogP contribution in [0, 0.1) is 0 Å². The zero-order valence-electron chi connectivity index (χ0n) is 21.9. The molecule has 1 unspecified atom stereocenters. The number of aliphatic hydroxyl groups is 1. The summed E-state index contributed by atoms with van der Waals surface area (Å²) in [5.74, 6) is 1.03. The van der Waals surface area contributed by atoms with Crippen LogP contribution in [0.1, 0.15) is 0 Å². The predicted molar refractivity (Wildman–Crippen MR) is 150 cm³/mol. The third kappa shape index (κ3) is 5.82. The molecule has 0 aliphatic rings. The van der Waals surface area contributed by atoms with Crippen LogP contribution < -0.4 is 20.3 Å². The van der Waals surface area contributed by atoms with Crippen LogP contribution in [0.4, 0.5) is 23.0 Å². The van der Waals surface area contributed by atoms with Crippen molar-refractivity contribution in [1.29, 1.82) is 0 Å². The Labute approximate surface area is 217 Å². The summed E-state index contributed by atoms with van der Waals surface area (Å²) in [4.78, 5) is 18.0. The molecule has 0 aliphatic carbocycles. The van der Waals surface area contributed by atoms with Gasteiger partial charge in [0.05, 0.1) is 40.9 Å². The summed E-state index contributed by atoms with van der Waals surface area (Å²) in [5, 5.41) is 16.6. The molecule has 4 aromatic rings. The number of hydrogen-bond donors (Lipinski definition) is 3. The first-order valence-corrected chi connectivity index (χ1v) is 12.0. The van der Waals surface area contributed by atoms with E-state index in [0.29, 0.717) is 23.1 Å². The summed E-state index contributed by atoms with van der Waals surface area (Å²) in [7, 11) is 9.67. The molecule has 3 heterocycles. The lowest BCUT2D eigenvalue weighted by Gasteiger charge is -2.27. The van der Waals surface area contributed by atoms with E-state index in [9.17, 15) is 5.11 Å². The fourth-order valence-corrected chi connectivity index (χ4v) is 4.05. The second kappa shape index (κ2) is 11.3. The maximum atomic E-state index is 10.3. The normalized spacial score (nSPS) is 12.0. The molecule has 0 spiro atoms. The van der Waals surface area contributed by atoms with Crippen molar-refractivity contribution in [3.05, 3.63) is 61.6 Å². The highest BCUT2D eigenvalue weighted by Gasteiger charge is 2.17. The highest BCUT2D eigenvalue weighted by Crippen LogP contribution is 2.38. The zero-order valence-corrected chi connectivity index (χ0v) is 21.9. The minimum absolute atomic E-state index is 0.410. The average Bonchev–Trinajstić information content (AvgIpc) is 3.24. The van der Waals surface area contributed by atoms with Gasteiger partial charge in [-0.2, -0.15) is 0 Å². The Hall–Kier alpha value is -4.15. The van der Waals surface area contributed by atoms with Crippen molar-refractivity contribution in [2.24, 2.45) is 7.05 Å². The fraction of sp³-hybridized carbons (Fsp3) is 0.296. The van der Waals surface area contributed by atoms with Crippen LogP contribution in [-0.2, 0) is 7.05 Å². The van der Waals surface area contributed by atoms with E-state index in [-0.39, 0.29) is 0 Å². The van der Waals surface area contributed by atoms with Crippen molar-refractivity contribution in [2.75, 3.05) is 56.9 Å². The van der Waals surface area contributed by atoms with Crippen molar-refractivity contribution < 1.29 is 9.84 Å². The summed E-state index contributed by atoms with van der Waals surface area (Å²) in [6, 6.07) is 9.61. The molecule has 0 saturated carbocycles. The number of rotatable bonds is 11. The van der Waals surface area contributed by atoms with Crippen LogP contribution in [0.3, 0.4) is 0 Å². The molecule has 194 valence electrons. The van der Waals surface area contributed by atoms with Gasteiger partial charge in [-0.1, -0.05) is 6.58 Å². The highest BCUT2D eigenvalue weighted by molar-refractivity contribution is 5.92. The second-order valence-electron chi connectivity index (χ2n) is 9.03. The van der Waals surface area contributed by atoms with Crippen LogP contribution in [0.15, 0.2) is 61.6 Å². The molecule has 4 rings (SSSR count). The van der Waals surface area contributed by atoms with Gasteiger partial charge in [-0.05, 0) is 44.4 Å². The van der Waals surface area contributed by atoms with Gasteiger partial charge in [-0.3, -0.25) is 4.98 Å². The molecule has 37 heavy (non-hydrogen) atoms. The van der Waals surface area contributed by atoms with E-state index in [0.717, 1.165) is 41.1 Å². The molecule has 10 nitrogen and oxygen atoms in total. The van der Waals surface area contributed by atoms with Gasteiger partial charge in [0, 0.05) is 57.4 Å². The molecule has 0 radical (unpaired) electrons. The van der Waals surface area contributed by atoms with Crippen LogP contribution in [0.2, 0.25) is 0 Å². The second-order valence-corrected chi connectivity index (χ2v) is 9.03. The number of benzene rings is 1. The molecule has 0 bridgehead atoms. The number of nitrogens with one attached hydrogen (secondary N) is 2. The van der Waals surface area contributed by atoms with Crippen LogP contribution >= 0.6 is 0 Å². The fourth-order valence-electron chi connectivity index (χ4n) is 4.05. The molecule has 0 saturated heterocycles. The minimum atomic E-state index is -0.916. The number of hydrogen-bond acceptors (Lipinski definition) is 9. The standard InChI is InChI=1S/C27H34N8O2/c1-7-25(36)30-20-15-21(24(37-6)16-23(20)34(4)14-13-33(2)3)32-27-29-12-10-19(31-27)18-17-35(5)22-9-8-11-28-26(18)22/h7-12,15-17,25,30,36H,1,13-14H2,2-6H3,(H,29,31,32). The molecule has 0 aliphatic heterocycles.